The number of aromatic hydroxyl groups is 1. The number of nitrogens with zero attached hydrogens (tertiary/aromatic N) is 1. The lowest BCUT2D eigenvalue weighted by Gasteiger charge is -2.54. The van der Waals surface area contributed by atoms with Crippen LogP contribution in [0.1, 0.15) is 31.2 Å². The van der Waals surface area contributed by atoms with Crippen LogP contribution in [0.15, 0.2) is 36.9 Å². The van der Waals surface area contributed by atoms with Gasteiger partial charge >= 0.3 is 0 Å². The van der Waals surface area contributed by atoms with E-state index in [1.54, 1.807) is 6.07 Å². The molecule has 0 spiro atoms. The van der Waals surface area contributed by atoms with Crippen LogP contribution in [0.5, 0.6) is 5.75 Å². The molecule has 108 valence electrons. The average Bonchev–Trinajstić information content (AvgIpc) is 2.43. The fourth-order valence-corrected chi connectivity index (χ4v) is 4.13. The van der Waals surface area contributed by atoms with Crippen molar-refractivity contribution in [3.05, 3.63) is 42.5 Å². The summed E-state index contributed by atoms with van der Waals surface area (Å²) >= 11 is 0. The van der Waals surface area contributed by atoms with Crippen molar-refractivity contribution >= 4 is 0 Å². The number of benzene rings is 1. The van der Waals surface area contributed by atoms with Crippen molar-refractivity contribution < 1.29 is 10.2 Å². The second kappa shape index (κ2) is 5.23. The molecular weight excluding hydrogens is 250 g/mol. The first-order valence-corrected chi connectivity index (χ1v) is 7.50. The molecule has 3 atom stereocenters. The number of hydrogen-bond acceptors (Lipinski definition) is 3. The molecule has 0 radical (unpaired) electrons. The standard InChI is InChI=1S/C17H23NO2/c1-2-10-18-11-9-17(8-4-7-15(18)16(17)20)13-5-3-6-14(19)12-13/h2-3,5-6,12,15-16,19-20H,1,4,7-11H2/t15-,16-,17-/m1/s1. The fourth-order valence-electron chi connectivity index (χ4n) is 4.13. The molecular formula is C17H23NO2. The Morgan fingerprint density at radius 1 is 1.40 bits per heavy atom. The van der Waals surface area contributed by atoms with E-state index in [-0.39, 0.29) is 17.6 Å². The van der Waals surface area contributed by atoms with E-state index in [0.717, 1.165) is 44.3 Å². The van der Waals surface area contributed by atoms with Gasteiger partial charge < -0.3 is 10.2 Å². The maximum atomic E-state index is 10.9. The van der Waals surface area contributed by atoms with Crippen LogP contribution < -0.4 is 0 Å². The fraction of sp³-hybridized carbons (Fsp3) is 0.529. The van der Waals surface area contributed by atoms with Gasteiger partial charge in [0, 0.05) is 18.0 Å². The van der Waals surface area contributed by atoms with Crippen molar-refractivity contribution in [3.8, 4) is 5.75 Å². The van der Waals surface area contributed by atoms with Gasteiger partial charge in [-0.2, -0.15) is 0 Å². The molecule has 2 N–H and O–H groups in total. The van der Waals surface area contributed by atoms with Gasteiger partial charge in [-0.05, 0) is 43.5 Å². The van der Waals surface area contributed by atoms with Gasteiger partial charge in [0.05, 0.1) is 6.10 Å². The molecule has 1 saturated carbocycles. The van der Waals surface area contributed by atoms with Gasteiger partial charge in [-0.15, -0.1) is 6.58 Å². The van der Waals surface area contributed by atoms with Crippen LogP contribution in [0, 0.1) is 0 Å². The first kappa shape index (κ1) is 13.7. The van der Waals surface area contributed by atoms with Gasteiger partial charge in [-0.1, -0.05) is 24.6 Å². The Hall–Kier alpha value is -1.32. The molecule has 20 heavy (non-hydrogen) atoms. The molecule has 1 aromatic carbocycles. The van der Waals surface area contributed by atoms with Gasteiger partial charge in [-0.3, -0.25) is 4.90 Å². The van der Waals surface area contributed by atoms with E-state index in [1.165, 1.54) is 0 Å². The number of hydrogen-bond donors (Lipinski definition) is 2. The predicted molar refractivity (Wildman–Crippen MR) is 79.8 cm³/mol. The van der Waals surface area contributed by atoms with E-state index in [4.69, 9.17) is 0 Å². The highest BCUT2D eigenvalue weighted by molar-refractivity contribution is 5.36. The zero-order valence-corrected chi connectivity index (χ0v) is 11.8. The molecule has 1 aliphatic heterocycles. The monoisotopic (exact) mass is 273 g/mol. The summed E-state index contributed by atoms with van der Waals surface area (Å²) in [4.78, 5) is 2.35. The molecule has 1 heterocycles. The van der Waals surface area contributed by atoms with Crippen LogP contribution in [-0.2, 0) is 5.41 Å². The SMILES string of the molecule is C=CCN1CC[C@@]2(c3cccc(O)c3)CCC[C@@H]1[C@H]2O. The number of phenols is 1. The molecule has 1 aromatic rings. The van der Waals surface area contributed by atoms with E-state index in [1.807, 2.05) is 18.2 Å². The summed E-state index contributed by atoms with van der Waals surface area (Å²) in [5, 5.41) is 20.7. The Labute approximate surface area is 120 Å². The predicted octanol–water partition coefficient (Wildman–Crippen LogP) is 2.44. The lowest BCUT2D eigenvalue weighted by molar-refractivity contribution is -0.0726. The van der Waals surface area contributed by atoms with Crippen LogP contribution in [-0.4, -0.2) is 40.3 Å². The minimum atomic E-state index is -0.355. The lowest BCUT2D eigenvalue weighted by Crippen LogP contribution is -2.61. The third kappa shape index (κ3) is 2.05. The minimum absolute atomic E-state index is 0.181. The van der Waals surface area contributed by atoms with Crippen molar-refractivity contribution in [2.24, 2.45) is 0 Å². The number of phenolic OH excluding ortho intramolecular Hbond substituents is 1. The average molecular weight is 273 g/mol. The molecule has 2 aliphatic rings. The number of aliphatic hydroxyl groups is 1. The summed E-state index contributed by atoms with van der Waals surface area (Å²) in [5.74, 6) is 0.291. The molecule has 3 rings (SSSR count). The van der Waals surface area contributed by atoms with Crippen molar-refractivity contribution in [2.75, 3.05) is 13.1 Å². The van der Waals surface area contributed by atoms with E-state index in [9.17, 15) is 10.2 Å². The number of fused-ring (bicyclic) bond motifs is 2. The number of likely N-dealkylation sites (tertiary alicyclic amines) is 1. The number of piperidine rings is 1. The molecule has 2 bridgehead atoms. The molecule has 1 aliphatic carbocycles. The Bertz CT molecular complexity index is 502. The normalized spacial score (nSPS) is 33.9. The van der Waals surface area contributed by atoms with Crippen molar-refractivity contribution in [1.82, 2.24) is 4.90 Å². The topological polar surface area (TPSA) is 43.7 Å². The summed E-state index contributed by atoms with van der Waals surface area (Å²) in [6, 6.07) is 7.67. The van der Waals surface area contributed by atoms with E-state index in [0.29, 0.717) is 5.75 Å². The van der Waals surface area contributed by atoms with Crippen molar-refractivity contribution in [2.45, 2.75) is 43.2 Å². The Morgan fingerprint density at radius 2 is 2.25 bits per heavy atom. The molecule has 1 saturated heterocycles. The molecule has 0 unspecified atom stereocenters. The molecule has 2 fully saturated rings. The second-order valence-corrected chi connectivity index (χ2v) is 6.14. The van der Waals surface area contributed by atoms with Crippen LogP contribution in [0.2, 0.25) is 0 Å². The summed E-state index contributed by atoms with van der Waals surface area (Å²) < 4.78 is 0. The van der Waals surface area contributed by atoms with Crippen LogP contribution in [0.4, 0.5) is 0 Å². The van der Waals surface area contributed by atoms with E-state index in [2.05, 4.69) is 17.5 Å². The third-order valence-corrected chi connectivity index (χ3v) is 5.15. The summed E-state index contributed by atoms with van der Waals surface area (Å²) in [6.07, 6.45) is 5.70. The maximum absolute atomic E-state index is 10.9. The molecule has 0 aromatic heterocycles. The second-order valence-electron chi connectivity index (χ2n) is 6.14. The highest BCUT2D eigenvalue weighted by Gasteiger charge is 2.50. The Morgan fingerprint density at radius 3 is 3.00 bits per heavy atom. The summed E-state index contributed by atoms with van der Waals surface area (Å²) in [6.45, 7) is 5.65. The number of aliphatic hydroxyl groups excluding tert-OH is 1. The molecule has 3 nitrogen and oxygen atoms in total. The maximum Gasteiger partial charge on any atom is 0.115 e. The van der Waals surface area contributed by atoms with E-state index < -0.39 is 0 Å². The molecule has 3 heteroatoms. The zero-order chi connectivity index (χ0) is 14.2. The van der Waals surface area contributed by atoms with Crippen LogP contribution in [0.3, 0.4) is 0 Å². The third-order valence-electron chi connectivity index (χ3n) is 5.15. The highest BCUT2D eigenvalue weighted by atomic mass is 16.3. The first-order chi connectivity index (χ1) is 9.67. The quantitative estimate of drug-likeness (QED) is 0.831. The van der Waals surface area contributed by atoms with Crippen LogP contribution >= 0.6 is 0 Å². The van der Waals surface area contributed by atoms with Gasteiger partial charge in [0.15, 0.2) is 0 Å². The highest BCUT2D eigenvalue weighted by Crippen LogP contribution is 2.47. The van der Waals surface area contributed by atoms with Crippen LogP contribution in [0.25, 0.3) is 0 Å². The Balaban J connectivity index is 1.95. The zero-order valence-electron chi connectivity index (χ0n) is 11.8. The molecule has 0 amide bonds. The smallest absolute Gasteiger partial charge is 0.115 e. The van der Waals surface area contributed by atoms with E-state index >= 15 is 0 Å². The van der Waals surface area contributed by atoms with Gasteiger partial charge in [0.2, 0.25) is 0 Å². The van der Waals surface area contributed by atoms with Gasteiger partial charge in [0.1, 0.15) is 5.75 Å². The Kier molecular flexibility index (Phi) is 3.57. The number of rotatable bonds is 3. The largest absolute Gasteiger partial charge is 0.508 e. The summed E-state index contributed by atoms with van der Waals surface area (Å²) in [7, 11) is 0. The van der Waals surface area contributed by atoms with Gasteiger partial charge in [-0.25, -0.2) is 0 Å². The van der Waals surface area contributed by atoms with Crippen molar-refractivity contribution in [3.63, 3.8) is 0 Å². The minimum Gasteiger partial charge on any atom is -0.508 e. The summed E-state index contributed by atoms with van der Waals surface area (Å²) in [5.41, 5.74) is 0.909. The van der Waals surface area contributed by atoms with Gasteiger partial charge in [0.25, 0.3) is 0 Å². The van der Waals surface area contributed by atoms with Crippen molar-refractivity contribution in [1.29, 1.82) is 0 Å². The first-order valence-electron chi connectivity index (χ1n) is 7.50. The lowest BCUT2D eigenvalue weighted by atomic mass is 9.61.